The lowest BCUT2D eigenvalue weighted by Gasteiger charge is -2.38. The van der Waals surface area contributed by atoms with Crippen molar-refractivity contribution in [2.24, 2.45) is 0 Å². The molecule has 7 heteroatoms. The normalized spacial score (nSPS) is 17.6. The number of hydrogen-bond acceptors (Lipinski definition) is 4. The van der Waals surface area contributed by atoms with E-state index in [1.165, 1.54) is 4.90 Å². The lowest BCUT2D eigenvalue weighted by Crippen LogP contribution is -2.55. The fraction of sp³-hybridized carbons (Fsp3) is 0.423. The summed E-state index contributed by atoms with van der Waals surface area (Å²) in [6, 6.07) is 14.7. The van der Waals surface area contributed by atoms with Crippen molar-refractivity contribution in [2.75, 3.05) is 24.5 Å². The number of hydrogen-bond donors (Lipinski definition) is 1. The topological polar surface area (TPSA) is 79.0 Å². The Morgan fingerprint density at radius 3 is 2.39 bits per heavy atom. The molecular weight excluding hydrogens is 418 g/mol. The fourth-order valence-corrected chi connectivity index (χ4v) is 4.31. The van der Waals surface area contributed by atoms with E-state index >= 15 is 0 Å². The van der Waals surface area contributed by atoms with Crippen LogP contribution in [0.15, 0.2) is 48.5 Å². The number of likely N-dealkylation sites (tertiary alicyclic amines) is 1. The molecule has 1 N–H and O–H groups in total. The molecule has 0 bridgehead atoms. The number of fused-ring (bicyclic) bond motifs is 1. The van der Waals surface area contributed by atoms with Crippen LogP contribution in [0, 0.1) is 0 Å². The number of benzene rings is 2. The van der Waals surface area contributed by atoms with Crippen molar-refractivity contribution in [2.45, 2.75) is 51.7 Å². The van der Waals surface area contributed by atoms with Crippen LogP contribution < -0.4 is 15.0 Å². The highest BCUT2D eigenvalue weighted by atomic mass is 16.5. The van der Waals surface area contributed by atoms with Crippen molar-refractivity contribution in [1.82, 2.24) is 10.2 Å². The number of carbonyl (C=O) groups excluding carboxylic acids is 3. The Morgan fingerprint density at radius 1 is 1.00 bits per heavy atom. The summed E-state index contributed by atoms with van der Waals surface area (Å²) < 4.78 is 5.93. The van der Waals surface area contributed by atoms with Crippen molar-refractivity contribution in [3.63, 3.8) is 0 Å². The Balaban J connectivity index is 1.55. The van der Waals surface area contributed by atoms with Gasteiger partial charge in [0.05, 0.1) is 5.69 Å². The van der Waals surface area contributed by atoms with Gasteiger partial charge in [0.25, 0.3) is 11.8 Å². The number of amides is 3. The molecule has 0 saturated carbocycles. The Kier molecular flexibility index (Phi) is 6.67. The average molecular weight is 450 g/mol. The van der Waals surface area contributed by atoms with E-state index in [-0.39, 0.29) is 24.3 Å². The van der Waals surface area contributed by atoms with E-state index in [2.05, 4.69) is 5.32 Å². The van der Waals surface area contributed by atoms with E-state index in [0.717, 1.165) is 44.3 Å². The van der Waals surface area contributed by atoms with Gasteiger partial charge in [0.1, 0.15) is 12.3 Å². The Hall–Kier alpha value is -3.35. The minimum absolute atomic E-state index is 0.0505. The molecule has 0 radical (unpaired) electrons. The van der Waals surface area contributed by atoms with E-state index in [4.69, 9.17) is 4.74 Å². The number of rotatable bonds is 5. The second-order valence-corrected chi connectivity index (χ2v) is 9.15. The summed E-state index contributed by atoms with van der Waals surface area (Å²) in [7, 11) is 0. The summed E-state index contributed by atoms with van der Waals surface area (Å²) in [6.45, 7) is 5.08. The molecule has 0 atom stereocenters. The van der Waals surface area contributed by atoms with Gasteiger partial charge in [-0.1, -0.05) is 43.2 Å². The highest BCUT2D eigenvalue weighted by Gasteiger charge is 2.42. The molecule has 2 aromatic rings. The molecule has 4 rings (SSSR count). The van der Waals surface area contributed by atoms with Crippen LogP contribution in [0.5, 0.6) is 5.75 Å². The molecule has 0 unspecified atom stereocenters. The summed E-state index contributed by atoms with van der Waals surface area (Å²) >= 11 is 0. The maximum absolute atomic E-state index is 13.2. The second kappa shape index (κ2) is 9.65. The van der Waals surface area contributed by atoms with Gasteiger partial charge in [-0.3, -0.25) is 19.3 Å². The molecule has 0 aliphatic carbocycles. The maximum Gasteiger partial charge on any atom is 0.271 e. The van der Waals surface area contributed by atoms with Crippen molar-refractivity contribution < 1.29 is 19.1 Å². The van der Waals surface area contributed by atoms with E-state index in [1.54, 1.807) is 32.0 Å². The van der Waals surface area contributed by atoms with Crippen molar-refractivity contribution >= 4 is 23.4 Å². The summed E-state index contributed by atoms with van der Waals surface area (Å²) in [5.41, 5.74) is 0.824. The Labute approximate surface area is 194 Å². The molecule has 33 heavy (non-hydrogen) atoms. The first kappa shape index (κ1) is 22.8. The van der Waals surface area contributed by atoms with Gasteiger partial charge >= 0.3 is 0 Å². The molecule has 2 aliphatic heterocycles. The Bertz CT molecular complexity index is 1030. The SMILES string of the molecule is CC1(C)Oc2ccc(C(=O)N3CCCCCC3)cc2N(CC(=O)NCc2ccccc2)C1=O. The van der Waals surface area contributed by atoms with E-state index < -0.39 is 5.60 Å². The fourth-order valence-electron chi connectivity index (χ4n) is 4.31. The smallest absolute Gasteiger partial charge is 0.271 e. The van der Waals surface area contributed by atoms with Gasteiger partial charge < -0.3 is 15.0 Å². The van der Waals surface area contributed by atoms with Crippen LogP contribution in [0.3, 0.4) is 0 Å². The molecule has 0 spiro atoms. The van der Waals surface area contributed by atoms with Crippen LogP contribution >= 0.6 is 0 Å². The summed E-state index contributed by atoms with van der Waals surface area (Å²) in [6.07, 6.45) is 4.27. The zero-order valence-electron chi connectivity index (χ0n) is 19.3. The van der Waals surface area contributed by atoms with E-state index in [9.17, 15) is 14.4 Å². The largest absolute Gasteiger partial charge is 0.476 e. The zero-order chi connectivity index (χ0) is 23.4. The zero-order valence-corrected chi connectivity index (χ0v) is 19.3. The number of anilines is 1. The summed E-state index contributed by atoms with van der Waals surface area (Å²) in [5.74, 6) is -0.155. The Morgan fingerprint density at radius 2 is 1.70 bits per heavy atom. The second-order valence-electron chi connectivity index (χ2n) is 9.15. The van der Waals surface area contributed by atoms with Crippen LogP contribution in [0.1, 0.15) is 55.5 Å². The van der Waals surface area contributed by atoms with Crippen molar-refractivity contribution in [3.05, 3.63) is 59.7 Å². The van der Waals surface area contributed by atoms with Gasteiger partial charge in [0, 0.05) is 25.2 Å². The molecule has 7 nitrogen and oxygen atoms in total. The first-order valence-corrected chi connectivity index (χ1v) is 11.6. The van der Waals surface area contributed by atoms with Gasteiger partial charge in [-0.25, -0.2) is 0 Å². The van der Waals surface area contributed by atoms with Crippen LogP contribution in [0.25, 0.3) is 0 Å². The third kappa shape index (κ3) is 5.18. The molecule has 2 aliphatic rings. The number of nitrogens with one attached hydrogen (secondary N) is 1. The van der Waals surface area contributed by atoms with Gasteiger partial charge in [0.15, 0.2) is 5.60 Å². The molecule has 1 saturated heterocycles. The quantitative estimate of drug-likeness (QED) is 0.758. The first-order valence-electron chi connectivity index (χ1n) is 11.6. The van der Waals surface area contributed by atoms with Gasteiger partial charge in [-0.2, -0.15) is 0 Å². The van der Waals surface area contributed by atoms with Crippen LogP contribution in [-0.4, -0.2) is 47.9 Å². The lowest BCUT2D eigenvalue weighted by atomic mass is 10.0. The highest BCUT2D eigenvalue weighted by Crippen LogP contribution is 2.38. The highest BCUT2D eigenvalue weighted by molar-refractivity contribution is 6.07. The van der Waals surface area contributed by atoms with Crippen LogP contribution in [0.4, 0.5) is 5.69 Å². The monoisotopic (exact) mass is 449 g/mol. The predicted molar refractivity (Wildman–Crippen MR) is 126 cm³/mol. The average Bonchev–Trinajstić information content (AvgIpc) is 3.10. The van der Waals surface area contributed by atoms with Gasteiger partial charge in [-0.05, 0) is 50.5 Å². The molecule has 2 aromatic carbocycles. The van der Waals surface area contributed by atoms with Crippen molar-refractivity contribution in [3.8, 4) is 5.75 Å². The summed E-state index contributed by atoms with van der Waals surface area (Å²) in [5, 5.41) is 2.87. The van der Waals surface area contributed by atoms with Crippen LogP contribution in [0.2, 0.25) is 0 Å². The van der Waals surface area contributed by atoms with Gasteiger partial charge in [0.2, 0.25) is 5.91 Å². The molecule has 0 aromatic heterocycles. The van der Waals surface area contributed by atoms with Crippen LogP contribution in [-0.2, 0) is 16.1 Å². The number of nitrogens with zero attached hydrogens (tertiary/aromatic N) is 2. The van der Waals surface area contributed by atoms with E-state index in [0.29, 0.717) is 23.5 Å². The number of carbonyl (C=O) groups is 3. The molecule has 174 valence electrons. The minimum Gasteiger partial charge on any atom is -0.476 e. The lowest BCUT2D eigenvalue weighted by molar-refractivity contribution is -0.134. The molecule has 2 heterocycles. The maximum atomic E-state index is 13.2. The minimum atomic E-state index is -1.11. The first-order chi connectivity index (χ1) is 15.8. The molecule has 3 amide bonds. The third-order valence-corrected chi connectivity index (χ3v) is 6.15. The standard InChI is InChI=1S/C26H31N3O4/c1-26(2)25(32)29(18-23(30)27-17-19-10-6-5-7-11-19)21-16-20(12-13-22(21)33-26)24(31)28-14-8-3-4-9-15-28/h5-7,10-13,16H,3-4,8-9,14-15,17-18H2,1-2H3,(H,27,30). The predicted octanol–water partition coefficient (Wildman–Crippen LogP) is 3.52. The van der Waals surface area contributed by atoms with E-state index in [1.807, 2.05) is 35.2 Å². The molecular formula is C26H31N3O4. The molecule has 1 fully saturated rings. The summed E-state index contributed by atoms with van der Waals surface area (Å²) in [4.78, 5) is 42.4. The van der Waals surface area contributed by atoms with Gasteiger partial charge in [-0.15, -0.1) is 0 Å². The third-order valence-electron chi connectivity index (χ3n) is 6.15. The number of ether oxygens (including phenoxy) is 1. The van der Waals surface area contributed by atoms with Crippen molar-refractivity contribution in [1.29, 1.82) is 0 Å².